The van der Waals surface area contributed by atoms with E-state index in [9.17, 15) is 9.35 Å². The number of hydrogen-bond donors (Lipinski definition) is 3. The number of amides is 1. The third-order valence-electron chi connectivity index (χ3n) is 3.36. The minimum Gasteiger partial charge on any atom is -0.598 e. The molecule has 18 heavy (non-hydrogen) atoms. The van der Waals surface area contributed by atoms with Crippen LogP contribution in [0.25, 0.3) is 0 Å². The first-order chi connectivity index (χ1) is 8.20. The van der Waals surface area contributed by atoms with E-state index in [1.54, 1.807) is 0 Å². The molecule has 0 aromatic heterocycles. The van der Waals surface area contributed by atoms with E-state index in [0.29, 0.717) is 5.92 Å². The fraction of sp³-hybridized carbons (Fsp3) is 0.917. The monoisotopic (exact) mass is 276 g/mol. The zero-order valence-electron chi connectivity index (χ0n) is 11.5. The van der Waals surface area contributed by atoms with E-state index in [1.165, 1.54) is 0 Å². The van der Waals surface area contributed by atoms with Gasteiger partial charge in [-0.2, -0.15) is 0 Å². The van der Waals surface area contributed by atoms with Crippen molar-refractivity contribution in [3.05, 3.63) is 0 Å². The topological polar surface area (TPSA) is 84.4 Å². The highest BCUT2D eigenvalue weighted by Gasteiger charge is 2.34. The molecule has 0 aromatic carbocycles. The largest absolute Gasteiger partial charge is 0.598 e. The van der Waals surface area contributed by atoms with Gasteiger partial charge in [0, 0.05) is 17.4 Å². The van der Waals surface area contributed by atoms with E-state index in [1.807, 2.05) is 27.7 Å². The molecule has 0 saturated heterocycles. The van der Waals surface area contributed by atoms with Crippen LogP contribution in [0.5, 0.6) is 0 Å². The zero-order chi connectivity index (χ0) is 13.9. The lowest BCUT2D eigenvalue weighted by atomic mass is 10.0. The molecule has 0 heterocycles. The number of carbonyl (C=O) groups is 1. The second-order valence-corrected chi connectivity index (χ2v) is 8.01. The summed E-state index contributed by atoms with van der Waals surface area (Å²) in [4.78, 5) is 10.6. The van der Waals surface area contributed by atoms with Gasteiger partial charge >= 0.3 is 6.09 Å². The highest BCUT2D eigenvalue weighted by Crippen LogP contribution is 2.29. The van der Waals surface area contributed by atoms with Crippen molar-refractivity contribution in [3.8, 4) is 0 Å². The van der Waals surface area contributed by atoms with Crippen LogP contribution < -0.4 is 10.0 Å². The molecule has 1 aliphatic carbocycles. The maximum Gasteiger partial charge on any atom is 0.404 e. The van der Waals surface area contributed by atoms with E-state index in [0.717, 1.165) is 19.3 Å². The van der Waals surface area contributed by atoms with Crippen LogP contribution >= 0.6 is 0 Å². The molecule has 4 atom stereocenters. The first-order valence-electron chi connectivity index (χ1n) is 6.37. The average molecular weight is 276 g/mol. The second-order valence-electron chi connectivity index (χ2n) is 6.01. The van der Waals surface area contributed by atoms with Crippen molar-refractivity contribution in [1.29, 1.82) is 0 Å². The van der Waals surface area contributed by atoms with Crippen LogP contribution in [0.1, 0.15) is 47.0 Å². The SMILES string of the molecule is CC(N[S@@+]([O-])C(C)(C)C)[C@@H]1CC[C@H](NC(=O)O)C1. The highest BCUT2D eigenvalue weighted by molar-refractivity contribution is 7.90. The molecule has 6 heteroatoms. The van der Waals surface area contributed by atoms with E-state index in [2.05, 4.69) is 10.0 Å². The van der Waals surface area contributed by atoms with Crippen LogP contribution in [0.15, 0.2) is 0 Å². The Morgan fingerprint density at radius 3 is 2.56 bits per heavy atom. The summed E-state index contributed by atoms with van der Waals surface area (Å²) in [6, 6.07) is 0.186. The molecule has 106 valence electrons. The normalized spacial score (nSPS) is 27.8. The number of nitrogens with one attached hydrogen (secondary N) is 2. The Kier molecular flexibility index (Phi) is 5.31. The van der Waals surface area contributed by atoms with Gasteiger partial charge in [-0.1, -0.05) is 0 Å². The van der Waals surface area contributed by atoms with Crippen molar-refractivity contribution in [3.63, 3.8) is 0 Å². The van der Waals surface area contributed by atoms with Crippen molar-refractivity contribution in [2.24, 2.45) is 5.92 Å². The van der Waals surface area contributed by atoms with Gasteiger partial charge in [0.05, 0.1) is 6.04 Å². The fourth-order valence-corrected chi connectivity index (χ4v) is 3.10. The Balaban J connectivity index is 2.40. The second kappa shape index (κ2) is 6.12. The van der Waals surface area contributed by atoms with Crippen LogP contribution in [-0.2, 0) is 11.4 Å². The predicted octanol–water partition coefficient (Wildman–Crippen LogP) is 1.86. The van der Waals surface area contributed by atoms with Crippen molar-refractivity contribution >= 4 is 17.5 Å². The number of carboxylic acid groups (broad SMARTS) is 1. The first kappa shape index (κ1) is 15.6. The summed E-state index contributed by atoms with van der Waals surface area (Å²) in [6.07, 6.45) is 1.70. The van der Waals surface area contributed by atoms with Gasteiger partial charge in [0.1, 0.15) is 4.75 Å². The molecule has 0 bridgehead atoms. The van der Waals surface area contributed by atoms with Gasteiger partial charge in [-0.05, 0) is 52.9 Å². The van der Waals surface area contributed by atoms with E-state index < -0.39 is 17.5 Å². The van der Waals surface area contributed by atoms with Gasteiger partial charge in [0.2, 0.25) is 0 Å². The minimum absolute atomic E-state index is 0.0415. The zero-order valence-corrected chi connectivity index (χ0v) is 12.3. The summed E-state index contributed by atoms with van der Waals surface area (Å²) < 4.78 is 14.8. The predicted molar refractivity (Wildman–Crippen MR) is 72.8 cm³/mol. The molecule has 1 saturated carbocycles. The molecule has 0 radical (unpaired) electrons. The Morgan fingerprint density at radius 1 is 1.44 bits per heavy atom. The van der Waals surface area contributed by atoms with E-state index in [-0.39, 0.29) is 16.8 Å². The molecule has 1 amide bonds. The third-order valence-corrected chi connectivity index (χ3v) is 5.06. The maximum atomic E-state index is 12.0. The molecular formula is C12H24N2O3S. The van der Waals surface area contributed by atoms with Crippen molar-refractivity contribution < 1.29 is 14.5 Å². The summed E-state index contributed by atoms with van der Waals surface area (Å²) in [5, 5.41) is 11.2. The molecule has 3 N–H and O–H groups in total. The first-order valence-corrected chi connectivity index (χ1v) is 7.52. The molecule has 1 rings (SSSR count). The molecule has 1 fully saturated rings. The molecule has 0 spiro atoms. The molecule has 0 aliphatic heterocycles. The van der Waals surface area contributed by atoms with Gasteiger partial charge in [-0.3, -0.25) is 0 Å². The molecule has 1 aliphatic rings. The highest BCUT2D eigenvalue weighted by atomic mass is 32.2. The van der Waals surface area contributed by atoms with Crippen LogP contribution in [-0.4, -0.2) is 32.6 Å². The van der Waals surface area contributed by atoms with Gasteiger partial charge < -0.3 is 15.0 Å². The van der Waals surface area contributed by atoms with Gasteiger partial charge in [0.15, 0.2) is 0 Å². The number of rotatable bonds is 4. The standard InChI is InChI=1S/C12H24N2O3S/c1-8(14-18(17)12(2,3)4)9-5-6-10(7-9)13-11(15)16/h8-10,13-14H,5-7H2,1-4H3,(H,15,16)/t8?,9-,10+,18+/m1/s1. The summed E-state index contributed by atoms with van der Waals surface area (Å²) >= 11 is -1.07. The summed E-state index contributed by atoms with van der Waals surface area (Å²) in [5.41, 5.74) is 0. The van der Waals surface area contributed by atoms with Gasteiger partial charge in [-0.15, -0.1) is 4.72 Å². The summed E-state index contributed by atoms with van der Waals surface area (Å²) in [6.45, 7) is 7.84. The molecule has 0 aromatic rings. The maximum absolute atomic E-state index is 12.0. The minimum atomic E-state index is -1.07. The van der Waals surface area contributed by atoms with Crippen LogP contribution in [0, 0.1) is 5.92 Å². The summed E-state index contributed by atoms with van der Waals surface area (Å²) in [5.74, 6) is 0.383. The van der Waals surface area contributed by atoms with Gasteiger partial charge in [0.25, 0.3) is 0 Å². The lowest BCUT2D eigenvalue weighted by Crippen LogP contribution is -2.46. The van der Waals surface area contributed by atoms with Crippen LogP contribution in [0.3, 0.4) is 0 Å². The van der Waals surface area contributed by atoms with Gasteiger partial charge in [-0.25, -0.2) is 4.79 Å². The Morgan fingerprint density at radius 2 is 2.06 bits per heavy atom. The Bertz CT molecular complexity index is 294. The van der Waals surface area contributed by atoms with Crippen LogP contribution in [0.4, 0.5) is 4.79 Å². The van der Waals surface area contributed by atoms with E-state index in [4.69, 9.17) is 5.11 Å². The Hall–Kier alpha value is -0.460. The summed E-state index contributed by atoms with van der Waals surface area (Å²) in [7, 11) is 0. The van der Waals surface area contributed by atoms with Crippen molar-refractivity contribution in [2.45, 2.75) is 63.8 Å². The molecular weight excluding hydrogens is 252 g/mol. The fourth-order valence-electron chi connectivity index (χ4n) is 2.22. The van der Waals surface area contributed by atoms with Crippen LogP contribution in [0.2, 0.25) is 0 Å². The number of hydrogen-bond acceptors (Lipinski definition) is 3. The Labute approximate surface area is 112 Å². The molecule has 1 unspecified atom stereocenters. The van der Waals surface area contributed by atoms with Crippen molar-refractivity contribution in [1.82, 2.24) is 10.0 Å². The quantitative estimate of drug-likeness (QED) is 0.684. The third kappa shape index (κ3) is 4.66. The smallest absolute Gasteiger partial charge is 0.404 e. The molecule has 5 nitrogen and oxygen atoms in total. The van der Waals surface area contributed by atoms with Crippen molar-refractivity contribution in [2.75, 3.05) is 0 Å². The van der Waals surface area contributed by atoms with E-state index >= 15 is 0 Å². The lowest BCUT2D eigenvalue weighted by molar-refractivity contribution is 0.189. The average Bonchev–Trinajstić information content (AvgIpc) is 2.63. The lowest BCUT2D eigenvalue weighted by Gasteiger charge is -2.28.